The highest BCUT2D eigenvalue weighted by Gasteiger charge is 2.47. The number of allylic oxidation sites excluding steroid dienone is 2. The molecule has 0 bridgehead atoms. The van der Waals surface area contributed by atoms with Gasteiger partial charge in [-0.1, -0.05) is 24.3 Å². The zero-order valence-electron chi connectivity index (χ0n) is 14.8. The van der Waals surface area contributed by atoms with Crippen LogP contribution in [0.5, 0.6) is 5.75 Å². The van der Waals surface area contributed by atoms with Crippen LogP contribution in [0.2, 0.25) is 0 Å². The van der Waals surface area contributed by atoms with Crippen LogP contribution in [-0.2, 0) is 23.9 Å². The van der Waals surface area contributed by atoms with Crippen molar-refractivity contribution in [1.82, 2.24) is 4.90 Å². The monoisotopic (exact) mass is 372 g/mol. The van der Waals surface area contributed by atoms with Crippen LogP contribution in [0.1, 0.15) is 12.8 Å². The third-order valence-corrected chi connectivity index (χ3v) is 4.63. The Balaban J connectivity index is 1.50. The van der Waals surface area contributed by atoms with Crippen LogP contribution in [0.15, 0.2) is 36.4 Å². The van der Waals surface area contributed by atoms with Crippen molar-refractivity contribution in [3.63, 3.8) is 0 Å². The number of nitrogens with zero attached hydrogens (tertiary/aromatic N) is 1. The van der Waals surface area contributed by atoms with Gasteiger partial charge in [0.05, 0.1) is 24.6 Å². The lowest BCUT2D eigenvalue weighted by atomic mass is 9.85. The average molecular weight is 372 g/mol. The molecule has 1 aliphatic carbocycles. The van der Waals surface area contributed by atoms with Crippen molar-refractivity contribution in [3.8, 4) is 5.75 Å². The lowest BCUT2D eigenvalue weighted by molar-refractivity contribution is -0.154. The molecule has 3 rings (SSSR count). The normalized spacial score (nSPS) is 21.0. The van der Waals surface area contributed by atoms with Crippen molar-refractivity contribution >= 4 is 29.4 Å². The topological polar surface area (TPSA) is 102 Å². The maximum atomic E-state index is 12.3. The summed E-state index contributed by atoms with van der Waals surface area (Å²) in [5.41, 5.74) is 0.447. The minimum atomic E-state index is -0.807. The fourth-order valence-corrected chi connectivity index (χ4v) is 3.28. The summed E-state index contributed by atoms with van der Waals surface area (Å²) in [6.45, 7) is -1.01. The Morgan fingerprint density at radius 3 is 2.37 bits per heavy atom. The fraction of sp³-hybridized carbons (Fsp3) is 0.368. The summed E-state index contributed by atoms with van der Waals surface area (Å²) in [5, 5.41) is 2.57. The number of anilines is 1. The highest BCUT2D eigenvalue weighted by Crippen LogP contribution is 2.34. The molecular formula is C19H20N2O6. The van der Waals surface area contributed by atoms with Gasteiger partial charge in [0, 0.05) is 0 Å². The molecule has 1 N–H and O–H groups in total. The molecule has 27 heavy (non-hydrogen) atoms. The molecule has 1 aromatic carbocycles. The summed E-state index contributed by atoms with van der Waals surface area (Å²) in [6.07, 6.45) is 4.75. The molecule has 0 saturated carbocycles. The molecule has 1 aromatic rings. The second-order valence-electron chi connectivity index (χ2n) is 6.33. The minimum absolute atomic E-state index is 0.357. The maximum Gasteiger partial charge on any atom is 0.326 e. The van der Waals surface area contributed by atoms with E-state index in [0.29, 0.717) is 24.3 Å². The van der Waals surface area contributed by atoms with Crippen LogP contribution in [0.4, 0.5) is 5.69 Å². The Labute approximate surface area is 156 Å². The molecule has 0 radical (unpaired) electrons. The zero-order valence-corrected chi connectivity index (χ0v) is 14.8. The van der Waals surface area contributed by atoms with E-state index in [4.69, 9.17) is 9.47 Å². The van der Waals surface area contributed by atoms with Crippen LogP contribution in [0, 0.1) is 11.8 Å². The van der Waals surface area contributed by atoms with E-state index in [1.807, 2.05) is 12.2 Å². The number of carbonyl (C=O) groups excluding carboxylic acids is 4. The Kier molecular flexibility index (Phi) is 5.54. The quantitative estimate of drug-likeness (QED) is 0.456. The molecule has 0 unspecified atom stereocenters. The first-order valence-electron chi connectivity index (χ1n) is 8.60. The number of nitrogens with one attached hydrogen (secondary N) is 1. The van der Waals surface area contributed by atoms with Gasteiger partial charge in [0.25, 0.3) is 5.91 Å². The molecule has 1 heterocycles. The first kappa shape index (κ1) is 18.6. The van der Waals surface area contributed by atoms with Gasteiger partial charge in [-0.15, -0.1) is 0 Å². The molecule has 1 saturated heterocycles. The number of amides is 3. The van der Waals surface area contributed by atoms with E-state index in [1.165, 1.54) is 7.11 Å². The van der Waals surface area contributed by atoms with E-state index < -0.39 is 36.9 Å². The second kappa shape index (κ2) is 8.03. The van der Waals surface area contributed by atoms with Gasteiger partial charge in [0.2, 0.25) is 11.8 Å². The highest BCUT2D eigenvalue weighted by molar-refractivity contribution is 6.07. The summed E-state index contributed by atoms with van der Waals surface area (Å²) in [4.78, 5) is 49.5. The van der Waals surface area contributed by atoms with Gasteiger partial charge < -0.3 is 14.8 Å². The number of benzene rings is 1. The Morgan fingerprint density at radius 1 is 1.11 bits per heavy atom. The number of hydrogen-bond acceptors (Lipinski definition) is 6. The molecule has 1 fully saturated rings. The maximum absolute atomic E-state index is 12.3. The van der Waals surface area contributed by atoms with E-state index in [9.17, 15) is 19.2 Å². The van der Waals surface area contributed by atoms with Crippen LogP contribution < -0.4 is 10.1 Å². The summed E-state index contributed by atoms with van der Waals surface area (Å²) < 4.78 is 10.0. The first-order valence-corrected chi connectivity index (χ1v) is 8.60. The molecule has 2 atom stereocenters. The van der Waals surface area contributed by atoms with Gasteiger partial charge in [0.15, 0.2) is 6.61 Å². The number of fused-ring (bicyclic) bond motifs is 1. The van der Waals surface area contributed by atoms with Gasteiger partial charge in [-0.2, -0.15) is 0 Å². The number of likely N-dealkylation sites (tertiary alicyclic amines) is 1. The second-order valence-corrected chi connectivity index (χ2v) is 6.33. The number of para-hydroxylation sites is 2. The Hall–Kier alpha value is -3.16. The summed E-state index contributed by atoms with van der Waals surface area (Å²) in [7, 11) is 1.47. The van der Waals surface area contributed by atoms with Crippen molar-refractivity contribution in [3.05, 3.63) is 36.4 Å². The van der Waals surface area contributed by atoms with Crippen LogP contribution in [-0.4, -0.2) is 48.9 Å². The van der Waals surface area contributed by atoms with E-state index in [-0.39, 0.29) is 11.8 Å². The molecular weight excluding hydrogens is 352 g/mol. The van der Waals surface area contributed by atoms with Crippen molar-refractivity contribution in [2.45, 2.75) is 12.8 Å². The van der Waals surface area contributed by atoms with Crippen molar-refractivity contribution in [2.24, 2.45) is 11.8 Å². The summed E-state index contributed by atoms with van der Waals surface area (Å²) >= 11 is 0. The number of imide groups is 1. The summed E-state index contributed by atoms with van der Waals surface area (Å²) in [5.74, 6) is -2.40. The van der Waals surface area contributed by atoms with E-state index in [1.54, 1.807) is 24.3 Å². The predicted molar refractivity (Wildman–Crippen MR) is 94.7 cm³/mol. The number of hydrogen-bond donors (Lipinski definition) is 1. The lowest BCUT2D eigenvalue weighted by Gasteiger charge is -2.14. The van der Waals surface area contributed by atoms with Gasteiger partial charge in [0.1, 0.15) is 12.3 Å². The SMILES string of the molecule is COc1ccccc1NC(=O)COC(=O)CN1C(=O)[C@@H]2CC=CC[C@H]2C1=O. The van der Waals surface area contributed by atoms with Crippen LogP contribution in [0.3, 0.4) is 0 Å². The summed E-state index contributed by atoms with van der Waals surface area (Å²) in [6, 6.07) is 6.81. The molecule has 8 heteroatoms. The van der Waals surface area contributed by atoms with E-state index >= 15 is 0 Å². The number of methoxy groups -OCH3 is 1. The van der Waals surface area contributed by atoms with Gasteiger partial charge in [-0.3, -0.25) is 24.1 Å². The van der Waals surface area contributed by atoms with Gasteiger partial charge in [-0.25, -0.2) is 0 Å². The number of esters is 1. The van der Waals surface area contributed by atoms with Crippen LogP contribution >= 0.6 is 0 Å². The Morgan fingerprint density at radius 2 is 1.74 bits per heavy atom. The number of ether oxygens (including phenoxy) is 2. The largest absolute Gasteiger partial charge is 0.495 e. The Bertz CT molecular complexity index is 777. The predicted octanol–water partition coefficient (Wildman–Crippen LogP) is 1.13. The van der Waals surface area contributed by atoms with Gasteiger partial charge in [-0.05, 0) is 25.0 Å². The van der Waals surface area contributed by atoms with E-state index in [0.717, 1.165) is 4.90 Å². The third kappa shape index (κ3) is 3.99. The lowest BCUT2D eigenvalue weighted by Crippen LogP contribution is -2.37. The molecule has 142 valence electrons. The third-order valence-electron chi connectivity index (χ3n) is 4.63. The smallest absolute Gasteiger partial charge is 0.326 e. The van der Waals surface area contributed by atoms with Crippen molar-refractivity contribution in [2.75, 3.05) is 25.6 Å². The first-order chi connectivity index (χ1) is 13.0. The molecule has 2 aliphatic rings. The molecule has 8 nitrogen and oxygen atoms in total. The number of carbonyl (C=O) groups is 4. The average Bonchev–Trinajstić information content (AvgIpc) is 2.92. The highest BCUT2D eigenvalue weighted by atomic mass is 16.5. The van der Waals surface area contributed by atoms with Gasteiger partial charge >= 0.3 is 5.97 Å². The zero-order chi connectivity index (χ0) is 19.4. The molecule has 0 spiro atoms. The minimum Gasteiger partial charge on any atom is -0.495 e. The number of rotatable bonds is 6. The molecule has 3 amide bonds. The van der Waals surface area contributed by atoms with E-state index in [2.05, 4.69) is 5.32 Å². The molecule has 1 aliphatic heterocycles. The van der Waals surface area contributed by atoms with Crippen molar-refractivity contribution < 1.29 is 28.7 Å². The fourth-order valence-electron chi connectivity index (χ4n) is 3.28. The molecule has 0 aromatic heterocycles. The standard InChI is InChI=1S/C19H20N2O6/c1-26-15-9-5-4-8-14(15)20-16(22)11-27-17(23)10-21-18(24)12-6-2-3-7-13(12)19(21)25/h2-5,8-9,12-13H,6-7,10-11H2,1H3,(H,20,22)/t12-,13-/m1/s1. The van der Waals surface area contributed by atoms with Crippen LogP contribution in [0.25, 0.3) is 0 Å². The van der Waals surface area contributed by atoms with Crippen molar-refractivity contribution in [1.29, 1.82) is 0 Å².